The smallest absolute Gasteiger partial charge is 0.320 e. The molecule has 0 radical (unpaired) electrons. The Labute approximate surface area is 135 Å². The first kappa shape index (κ1) is 15.6. The lowest BCUT2D eigenvalue weighted by Crippen LogP contribution is -2.38. The first-order valence-electron chi connectivity index (χ1n) is 7.91. The predicted octanol–water partition coefficient (Wildman–Crippen LogP) is 2.21. The van der Waals surface area contributed by atoms with Gasteiger partial charge in [0.1, 0.15) is 0 Å². The number of rotatable bonds is 6. The van der Waals surface area contributed by atoms with Gasteiger partial charge in [0.25, 0.3) is 0 Å². The van der Waals surface area contributed by atoms with Crippen LogP contribution in [0.3, 0.4) is 0 Å². The van der Waals surface area contributed by atoms with Gasteiger partial charge in [0, 0.05) is 38.6 Å². The lowest BCUT2D eigenvalue weighted by Gasteiger charge is -2.12. The monoisotopic (exact) mass is 314 g/mol. The van der Waals surface area contributed by atoms with E-state index in [0.717, 1.165) is 25.8 Å². The fourth-order valence-electron chi connectivity index (χ4n) is 2.92. The van der Waals surface area contributed by atoms with Crippen LogP contribution in [0.15, 0.2) is 36.5 Å². The second-order valence-corrected chi connectivity index (χ2v) is 5.78. The molecule has 6 heteroatoms. The summed E-state index contributed by atoms with van der Waals surface area (Å²) >= 11 is 0. The van der Waals surface area contributed by atoms with Gasteiger partial charge in [-0.15, -0.1) is 0 Å². The van der Waals surface area contributed by atoms with Gasteiger partial charge in [0.05, 0.1) is 0 Å². The Hall–Kier alpha value is -2.34. The molecule has 6 nitrogen and oxygen atoms in total. The molecule has 1 aliphatic rings. The molecule has 0 saturated carbocycles. The van der Waals surface area contributed by atoms with Crippen molar-refractivity contribution in [2.24, 2.45) is 0 Å². The number of nitrogens with one attached hydrogen (secondary N) is 2. The van der Waals surface area contributed by atoms with Gasteiger partial charge in [-0.1, -0.05) is 24.3 Å². The number of carbonyl (C=O) groups excluding carboxylic acids is 1. The van der Waals surface area contributed by atoms with Gasteiger partial charge in [0.15, 0.2) is 5.82 Å². The number of aryl methyl sites for hydroxylation is 1. The number of urea groups is 1. The third kappa shape index (κ3) is 4.10. The SMILES string of the molecule is COCCCn1ccc(NC(=O)NC2Cc3ccccc3C2)n1. The number of carbonyl (C=O) groups is 1. The number of benzene rings is 1. The Morgan fingerprint density at radius 1 is 1.30 bits per heavy atom. The Balaban J connectivity index is 1.47. The largest absolute Gasteiger partial charge is 0.385 e. The van der Waals surface area contributed by atoms with E-state index in [1.54, 1.807) is 17.9 Å². The molecule has 2 N–H and O–H groups in total. The van der Waals surface area contributed by atoms with Gasteiger partial charge in [-0.25, -0.2) is 4.79 Å². The molecule has 1 heterocycles. The predicted molar refractivity (Wildman–Crippen MR) is 88.5 cm³/mol. The quantitative estimate of drug-likeness (QED) is 0.803. The Morgan fingerprint density at radius 3 is 2.74 bits per heavy atom. The normalized spacial score (nSPS) is 13.8. The average molecular weight is 314 g/mol. The summed E-state index contributed by atoms with van der Waals surface area (Å²) in [6.07, 6.45) is 4.52. The molecule has 3 rings (SSSR count). The molecule has 0 saturated heterocycles. The van der Waals surface area contributed by atoms with Crippen LogP contribution in [-0.4, -0.2) is 35.6 Å². The second kappa shape index (κ2) is 7.28. The molecule has 2 amide bonds. The summed E-state index contributed by atoms with van der Waals surface area (Å²) in [7, 11) is 1.68. The molecule has 0 atom stereocenters. The van der Waals surface area contributed by atoms with Crippen LogP contribution < -0.4 is 10.6 Å². The number of nitrogens with zero attached hydrogens (tertiary/aromatic N) is 2. The third-order valence-corrected chi connectivity index (χ3v) is 4.00. The topological polar surface area (TPSA) is 68.2 Å². The molecule has 0 spiro atoms. The van der Waals surface area contributed by atoms with Crippen LogP contribution in [0.5, 0.6) is 0 Å². The fraction of sp³-hybridized carbons (Fsp3) is 0.412. The molecule has 0 bridgehead atoms. The summed E-state index contributed by atoms with van der Waals surface area (Å²) in [5.41, 5.74) is 2.64. The van der Waals surface area contributed by atoms with Crippen LogP contribution in [0.2, 0.25) is 0 Å². The van der Waals surface area contributed by atoms with Crippen molar-refractivity contribution in [2.45, 2.75) is 31.8 Å². The molecular weight excluding hydrogens is 292 g/mol. The third-order valence-electron chi connectivity index (χ3n) is 4.00. The highest BCUT2D eigenvalue weighted by Crippen LogP contribution is 2.21. The lowest BCUT2D eigenvalue weighted by atomic mass is 10.1. The number of fused-ring (bicyclic) bond motifs is 1. The molecule has 0 unspecified atom stereocenters. The standard InChI is InChI=1S/C17H22N4O2/c1-23-10-4-8-21-9-7-16(20-21)19-17(22)18-15-11-13-5-2-3-6-14(13)12-15/h2-3,5-7,9,15H,4,8,10-12H2,1H3,(H2,18,19,20,22). The van der Waals surface area contributed by atoms with Gasteiger partial charge in [0.2, 0.25) is 0 Å². The van der Waals surface area contributed by atoms with E-state index in [2.05, 4.69) is 27.9 Å². The summed E-state index contributed by atoms with van der Waals surface area (Å²) in [6, 6.07) is 10.1. The van der Waals surface area contributed by atoms with Crippen molar-refractivity contribution >= 4 is 11.8 Å². The van der Waals surface area contributed by atoms with Crippen LogP contribution in [0.25, 0.3) is 0 Å². The van der Waals surface area contributed by atoms with Crippen LogP contribution in [0.4, 0.5) is 10.6 Å². The van der Waals surface area contributed by atoms with Crippen molar-refractivity contribution in [3.05, 3.63) is 47.7 Å². The van der Waals surface area contributed by atoms with Gasteiger partial charge < -0.3 is 10.1 Å². The van der Waals surface area contributed by atoms with Crippen LogP contribution in [0, 0.1) is 0 Å². The minimum absolute atomic E-state index is 0.149. The number of hydrogen-bond donors (Lipinski definition) is 2. The van der Waals surface area contributed by atoms with Crippen molar-refractivity contribution < 1.29 is 9.53 Å². The van der Waals surface area contributed by atoms with E-state index in [1.807, 2.05) is 18.3 Å². The molecule has 0 fully saturated rings. The first-order valence-corrected chi connectivity index (χ1v) is 7.91. The maximum absolute atomic E-state index is 12.1. The highest BCUT2D eigenvalue weighted by Gasteiger charge is 2.22. The fourth-order valence-corrected chi connectivity index (χ4v) is 2.92. The zero-order valence-corrected chi connectivity index (χ0v) is 13.3. The van der Waals surface area contributed by atoms with E-state index < -0.39 is 0 Å². The van der Waals surface area contributed by atoms with Crippen LogP contribution >= 0.6 is 0 Å². The van der Waals surface area contributed by atoms with Gasteiger partial charge in [-0.2, -0.15) is 5.10 Å². The van der Waals surface area contributed by atoms with Crippen molar-refractivity contribution in [3.63, 3.8) is 0 Å². The van der Waals surface area contributed by atoms with Gasteiger partial charge >= 0.3 is 6.03 Å². The summed E-state index contributed by atoms with van der Waals surface area (Å²) in [5.74, 6) is 0.565. The highest BCUT2D eigenvalue weighted by atomic mass is 16.5. The molecular formula is C17H22N4O2. The van der Waals surface area contributed by atoms with E-state index in [4.69, 9.17) is 4.74 Å². The van der Waals surface area contributed by atoms with Crippen LogP contribution in [0.1, 0.15) is 17.5 Å². The molecule has 23 heavy (non-hydrogen) atoms. The molecule has 2 aromatic rings. The summed E-state index contributed by atoms with van der Waals surface area (Å²) < 4.78 is 6.82. The van der Waals surface area contributed by atoms with Crippen LogP contribution in [-0.2, 0) is 24.1 Å². The van der Waals surface area contributed by atoms with E-state index in [1.165, 1.54) is 11.1 Å². The van der Waals surface area contributed by atoms with Gasteiger partial charge in [-0.3, -0.25) is 10.00 Å². The Kier molecular flexibility index (Phi) is 4.92. The van der Waals surface area contributed by atoms with Gasteiger partial charge in [-0.05, 0) is 30.4 Å². The maximum Gasteiger partial charge on any atom is 0.320 e. The molecule has 1 aromatic heterocycles. The summed E-state index contributed by atoms with van der Waals surface area (Å²) in [5, 5.41) is 10.1. The Morgan fingerprint density at radius 2 is 2.04 bits per heavy atom. The van der Waals surface area contributed by atoms with Crippen molar-refractivity contribution in [2.75, 3.05) is 19.0 Å². The number of hydrogen-bond acceptors (Lipinski definition) is 3. The van der Waals surface area contributed by atoms with E-state index in [9.17, 15) is 4.79 Å². The van der Waals surface area contributed by atoms with Crippen molar-refractivity contribution in [1.82, 2.24) is 15.1 Å². The molecule has 0 aliphatic heterocycles. The van der Waals surface area contributed by atoms with E-state index in [-0.39, 0.29) is 12.1 Å². The van der Waals surface area contributed by atoms with E-state index in [0.29, 0.717) is 12.4 Å². The first-order chi connectivity index (χ1) is 11.2. The number of aromatic nitrogens is 2. The molecule has 1 aliphatic carbocycles. The lowest BCUT2D eigenvalue weighted by molar-refractivity contribution is 0.189. The zero-order chi connectivity index (χ0) is 16.1. The zero-order valence-electron chi connectivity index (χ0n) is 13.3. The molecule has 1 aromatic carbocycles. The second-order valence-electron chi connectivity index (χ2n) is 5.78. The Bertz CT molecular complexity index is 643. The minimum Gasteiger partial charge on any atom is -0.385 e. The number of anilines is 1. The minimum atomic E-state index is -0.204. The maximum atomic E-state index is 12.1. The van der Waals surface area contributed by atoms with E-state index >= 15 is 0 Å². The van der Waals surface area contributed by atoms with Crippen molar-refractivity contribution in [1.29, 1.82) is 0 Å². The average Bonchev–Trinajstić information content (AvgIpc) is 3.13. The highest BCUT2D eigenvalue weighted by molar-refractivity contribution is 5.88. The number of methoxy groups -OCH3 is 1. The number of ether oxygens (including phenoxy) is 1. The summed E-state index contributed by atoms with van der Waals surface area (Å²) in [4.78, 5) is 12.1. The molecule has 122 valence electrons. The summed E-state index contributed by atoms with van der Waals surface area (Å²) in [6.45, 7) is 1.47. The number of amides is 2. The van der Waals surface area contributed by atoms with Crippen molar-refractivity contribution in [3.8, 4) is 0 Å².